The van der Waals surface area contributed by atoms with E-state index in [2.05, 4.69) is 0 Å². The Morgan fingerprint density at radius 1 is 1.32 bits per heavy atom. The SMILES string of the molecule is COc1ccc(OC)c(C=CC(=O)OCC2CCCCO2)c1. The van der Waals surface area contributed by atoms with Crippen LogP contribution in [0.4, 0.5) is 0 Å². The number of esters is 1. The number of ether oxygens (including phenoxy) is 4. The Morgan fingerprint density at radius 3 is 2.86 bits per heavy atom. The second-order valence-corrected chi connectivity index (χ2v) is 5.06. The Bertz CT molecular complexity index is 518. The molecule has 0 N–H and O–H groups in total. The van der Waals surface area contributed by atoms with Crippen molar-refractivity contribution in [3.05, 3.63) is 29.8 Å². The van der Waals surface area contributed by atoms with Crippen molar-refractivity contribution in [3.63, 3.8) is 0 Å². The fourth-order valence-corrected chi connectivity index (χ4v) is 2.29. The summed E-state index contributed by atoms with van der Waals surface area (Å²) in [7, 11) is 3.17. The van der Waals surface area contributed by atoms with Gasteiger partial charge in [-0.3, -0.25) is 0 Å². The zero-order chi connectivity index (χ0) is 15.8. The Balaban J connectivity index is 1.91. The molecule has 22 heavy (non-hydrogen) atoms. The molecule has 0 radical (unpaired) electrons. The molecule has 2 rings (SSSR count). The maximum Gasteiger partial charge on any atom is 0.330 e. The average Bonchev–Trinajstić information content (AvgIpc) is 2.58. The second kappa shape index (κ2) is 8.44. The van der Waals surface area contributed by atoms with Crippen molar-refractivity contribution in [2.75, 3.05) is 27.4 Å². The molecule has 5 heteroatoms. The molecule has 1 heterocycles. The first-order valence-electron chi connectivity index (χ1n) is 7.41. The predicted molar refractivity (Wildman–Crippen MR) is 83.1 cm³/mol. The highest BCUT2D eigenvalue weighted by Gasteiger charge is 2.15. The minimum Gasteiger partial charge on any atom is -0.497 e. The molecular weight excluding hydrogens is 284 g/mol. The normalized spacial score (nSPS) is 18.2. The molecule has 1 atom stereocenters. The van der Waals surface area contributed by atoms with Crippen LogP contribution in [0.15, 0.2) is 24.3 Å². The van der Waals surface area contributed by atoms with Crippen LogP contribution in [0.1, 0.15) is 24.8 Å². The summed E-state index contributed by atoms with van der Waals surface area (Å²) in [6.45, 7) is 1.05. The molecular formula is C17H22O5. The van der Waals surface area contributed by atoms with Crippen molar-refractivity contribution < 1.29 is 23.7 Å². The third-order valence-corrected chi connectivity index (χ3v) is 3.52. The predicted octanol–water partition coefficient (Wildman–Crippen LogP) is 2.83. The van der Waals surface area contributed by atoms with Gasteiger partial charge in [0, 0.05) is 18.2 Å². The van der Waals surface area contributed by atoms with E-state index in [0.29, 0.717) is 18.1 Å². The fraction of sp³-hybridized carbons (Fsp3) is 0.471. The standard InChI is InChI=1S/C17H22O5/c1-19-14-7-8-16(20-2)13(11-14)6-9-17(18)22-12-15-5-3-4-10-21-15/h6-9,11,15H,3-5,10,12H2,1-2H3. The topological polar surface area (TPSA) is 54.0 Å². The largest absolute Gasteiger partial charge is 0.497 e. The molecule has 0 spiro atoms. The zero-order valence-electron chi connectivity index (χ0n) is 13.0. The van der Waals surface area contributed by atoms with Crippen molar-refractivity contribution >= 4 is 12.0 Å². The van der Waals surface area contributed by atoms with Crippen LogP contribution in [0.2, 0.25) is 0 Å². The van der Waals surface area contributed by atoms with Gasteiger partial charge in [0.25, 0.3) is 0 Å². The minimum atomic E-state index is -0.390. The molecule has 1 aromatic carbocycles. The van der Waals surface area contributed by atoms with Gasteiger partial charge in [0.1, 0.15) is 18.1 Å². The Morgan fingerprint density at radius 2 is 2.18 bits per heavy atom. The zero-order valence-corrected chi connectivity index (χ0v) is 13.0. The van der Waals surface area contributed by atoms with E-state index in [1.165, 1.54) is 6.08 Å². The van der Waals surface area contributed by atoms with E-state index in [1.54, 1.807) is 38.5 Å². The van der Waals surface area contributed by atoms with E-state index >= 15 is 0 Å². The highest BCUT2D eigenvalue weighted by molar-refractivity contribution is 5.87. The molecule has 0 aromatic heterocycles. The summed E-state index contributed by atoms with van der Waals surface area (Å²) in [6, 6.07) is 5.39. The van der Waals surface area contributed by atoms with Crippen LogP contribution in [0, 0.1) is 0 Å². The molecule has 1 aromatic rings. The number of methoxy groups -OCH3 is 2. The summed E-state index contributed by atoms with van der Waals surface area (Å²) in [5.74, 6) is 0.976. The van der Waals surface area contributed by atoms with Gasteiger partial charge in [-0.25, -0.2) is 4.79 Å². The fourth-order valence-electron chi connectivity index (χ4n) is 2.29. The van der Waals surface area contributed by atoms with Gasteiger partial charge in [-0.1, -0.05) is 0 Å². The lowest BCUT2D eigenvalue weighted by molar-refractivity contribution is -0.143. The Kier molecular flexibility index (Phi) is 6.27. The highest BCUT2D eigenvalue weighted by atomic mass is 16.6. The Hall–Kier alpha value is -2.01. The molecule has 0 amide bonds. The van der Waals surface area contributed by atoms with Crippen molar-refractivity contribution in [1.29, 1.82) is 0 Å². The number of carbonyl (C=O) groups excluding carboxylic acids is 1. The van der Waals surface area contributed by atoms with Crippen LogP contribution in [0.5, 0.6) is 11.5 Å². The van der Waals surface area contributed by atoms with Gasteiger partial charge in [0.05, 0.1) is 20.3 Å². The molecule has 120 valence electrons. The van der Waals surface area contributed by atoms with Gasteiger partial charge in [0.2, 0.25) is 0 Å². The number of hydrogen-bond donors (Lipinski definition) is 0. The summed E-state index contributed by atoms with van der Waals surface area (Å²) in [4.78, 5) is 11.8. The molecule has 1 saturated heterocycles. The van der Waals surface area contributed by atoms with Crippen molar-refractivity contribution in [2.45, 2.75) is 25.4 Å². The van der Waals surface area contributed by atoms with Gasteiger partial charge in [-0.05, 0) is 43.5 Å². The van der Waals surface area contributed by atoms with E-state index in [-0.39, 0.29) is 12.1 Å². The number of rotatable bonds is 6. The van der Waals surface area contributed by atoms with E-state index < -0.39 is 0 Å². The molecule has 0 aliphatic carbocycles. The summed E-state index contributed by atoms with van der Waals surface area (Å²) in [5, 5.41) is 0. The van der Waals surface area contributed by atoms with Crippen LogP contribution in [-0.2, 0) is 14.3 Å². The van der Waals surface area contributed by atoms with Gasteiger partial charge in [-0.2, -0.15) is 0 Å². The van der Waals surface area contributed by atoms with Crippen LogP contribution < -0.4 is 9.47 Å². The lowest BCUT2D eigenvalue weighted by Gasteiger charge is -2.21. The van der Waals surface area contributed by atoms with Crippen molar-refractivity contribution in [3.8, 4) is 11.5 Å². The summed E-state index contributed by atoms with van der Waals surface area (Å²) >= 11 is 0. The smallest absolute Gasteiger partial charge is 0.330 e. The summed E-state index contributed by atoms with van der Waals surface area (Å²) in [6.07, 6.45) is 6.23. The molecule has 1 fully saturated rings. The lowest BCUT2D eigenvalue weighted by atomic mass is 10.1. The third-order valence-electron chi connectivity index (χ3n) is 3.52. The van der Waals surface area contributed by atoms with Crippen LogP contribution in [-0.4, -0.2) is 39.5 Å². The van der Waals surface area contributed by atoms with Crippen LogP contribution >= 0.6 is 0 Å². The van der Waals surface area contributed by atoms with Crippen LogP contribution in [0.3, 0.4) is 0 Å². The molecule has 5 nitrogen and oxygen atoms in total. The highest BCUT2D eigenvalue weighted by Crippen LogP contribution is 2.25. The summed E-state index contributed by atoms with van der Waals surface area (Å²) in [5.41, 5.74) is 0.757. The maximum atomic E-state index is 11.8. The molecule has 0 bridgehead atoms. The van der Waals surface area contributed by atoms with Crippen LogP contribution in [0.25, 0.3) is 6.08 Å². The first-order chi connectivity index (χ1) is 10.7. The molecule has 1 unspecified atom stereocenters. The summed E-state index contributed by atoms with van der Waals surface area (Å²) < 4.78 is 21.1. The van der Waals surface area contributed by atoms with Gasteiger partial charge >= 0.3 is 5.97 Å². The number of carbonyl (C=O) groups is 1. The van der Waals surface area contributed by atoms with Gasteiger partial charge < -0.3 is 18.9 Å². The number of hydrogen-bond acceptors (Lipinski definition) is 5. The third kappa shape index (κ3) is 4.77. The van der Waals surface area contributed by atoms with E-state index in [9.17, 15) is 4.79 Å². The van der Waals surface area contributed by atoms with Crippen molar-refractivity contribution in [2.24, 2.45) is 0 Å². The first kappa shape index (κ1) is 16.4. The average molecular weight is 306 g/mol. The lowest BCUT2D eigenvalue weighted by Crippen LogP contribution is -2.25. The molecule has 1 aliphatic rings. The second-order valence-electron chi connectivity index (χ2n) is 5.06. The van der Waals surface area contributed by atoms with E-state index in [1.807, 2.05) is 0 Å². The molecule has 0 saturated carbocycles. The Labute approximate surface area is 130 Å². The monoisotopic (exact) mass is 306 g/mol. The number of benzene rings is 1. The first-order valence-corrected chi connectivity index (χ1v) is 7.41. The van der Waals surface area contributed by atoms with Crippen molar-refractivity contribution in [1.82, 2.24) is 0 Å². The minimum absolute atomic E-state index is 0.0254. The maximum absolute atomic E-state index is 11.8. The van der Waals surface area contributed by atoms with E-state index in [0.717, 1.165) is 31.4 Å². The molecule has 1 aliphatic heterocycles. The van der Waals surface area contributed by atoms with E-state index in [4.69, 9.17) is 18.9 Å². The quantitative estimate of drug-likeness (QED) is 0.597. The van der Waals surface area contributed by atoms with Gasteiger partial charge in [0.15, 0.2) is 0 Å². The van der Waals surface area contributed by atoms with Gasteiger partial charge in [-0.15, -0.1) is 0 Å².